The van der Waals surface area contributed by atoms with Gasteiger partial charge in [0, 0.05) is 6.42 Å². The largest absolute Gasteiger partial charge is 0.310 e. The van der Waals surface area contributed by atoms with E-state index in [0.29, 0.717) is 24.9 Å². The van der Waals surface area contributed by atoms with Crippen LogP contribution in [0.1, 0.15) is 24.8 Å². The van der Waals surface area contributed by atoms with E-state index in [2.05, 4.69) is 5.32 Å². The van der Waals surface area contributed by atoms with E-state index in [1.807, 2.05) is 0 Å². The number of hydrogen-bond donors (Lipinski definition) is 1. The van der Waals surface area contributed by atoms with Crippen molar-refractivity contribution in [2.45, 2.75) is 25.7 Å². The first-order valence-electron chi connectivity index (χ1n) is 6.32. The van der Waals surface area contributed by atoms with Crippen molar-refractivity contribution < 1.29 is 9.18 Å². The first kappa shape index (κ1) is 13.5. The summed E-state index contributed by atoms with van der Waals surface area (Å²) in [6, 6.07) is 4.89. The van der Waals surface area contributed by atoms with Gasteiger partial charge in [-0.2, -0.15) is 0 Å². The zero-order chi connectivity index (χ0) is 13.0. The number of ketones is 1. The Labute approximate surface area is 112 Å². The van der Waals surface area contributed by atoms with E-state index in [4.69, 9.17) is 11.6 Å². The Morgan fingerprint density at radius 3 is 2.94 bits per heavy atom. The van der Waals surface area contributed by atoms with Gasteiger partial charge in [0.05, 0.1) is 11.6 Å². The second kappa shape index (κ2) is 6.30. The van der Waals surface area contributed by atoms with Gasteiger partial charge in [0.25, 0.3) is 0 Å². The fourth-order valence-corrected chi connectivity index (χ4v) is 2.04. The monoisotopic (exact) mass is 269 g/mol. The van der Waals surface area contributed by atoms with Crippen molar-refractivity contribution in [3.8, 4) is 0 Å². The molecule has 0 saturated heterocycles. The van der Waals surface area contributed by atoms with Crippen LogP contribution in [0.3, 0.4) is 0 Å². The number of aryl methyl sites for hydroxylation is 1. The molecule has 2 rings (SSSR count). The third-order valence-electron chi connectivity index (χ3n) is 3.16. The van der Waals surface area contributed by atoms with E-state index in [9.17, 15) is 9.18 Å². The molecular formula is C14H17ClFNO. The SMILES string of the molecule is O=C(CCc1cccc(Cl)c1F)CNCC1CC1. The van der Waals surface area contributed by atoms with Crippen LogP contribution in [0.5, 0.6) is 0 Å². The Morgan fingerprint density at radius 2 is 2.22 bits per heavy atom. The zero-order valence-electron chi connectivity index (χ0n) is 10.2. The topological polar surface area (TPSA) is 29.1 Å². The summed E-state index contributed by atoms with van der Waals surface area (Å²) in [6.07, 6.45) is 3.31. The van der Waals surface area contributed by atoms with Gasteiger partial charge in [0.15, 0.2) is 0 Å². The second-order valence-electron chi connectivity index (χ2n) is 4.83. The van der Waals surface area contributed by atoms with Crippen LogP contribution < -0.4 is 5.32 Å². The molecule has 0 bridgehead atoms. The Balaban J connectivity index is 1.72. The second-order valence-corrected chi connectivity index (χ2v) is 5.23. The van der Waals surface area contributed by atoms with Crippen LogP contribution in [0.25, 0.3) is 0 Å². The van der Waals surface area contributed by atoms with Crippen molar-refractivity contribution in [2.75, 3.05) is 13.1 Å². The standard InChI is InChI=1S/C14H17ClFNO/c15-13-3-1-2-11(14(13)16)6-7-12(18)9-17-8-10-4-5-10/h1-3,10,17H,4-9H2. The summed E-state index contributed by atoms with van der Waals surface area (Å²) in [7, 11) is 0. The van der Waals surface area contributed by atoms with Crippen LogP contribution in [0.4, 0.5) is 4.39 Å². The normalized spacial score (nSPS) is 14.8. The average molecular weight is 270 g/mol. The molecule has 0 atom stereocenters. The van der Waals surface area contributed by atoms with Crippen molar-refractivity contribution in [1.82, 2.24) is 5.32 Å². The number of halogens is 2. The number of Topliss-reactive ketones (excluding diaryl/α,β-unsaturated/α-hetero) is 1. The van der Waals surface area contributed by atoms with E-state index in [1.165, 1.54) is 18.9 Å². The quantitative estimate of drug-likeness (QED) is 0.825. The predicted molar refractivity (Wildman–Crippen MR) is 70.3 cm³/mol. The molecule has 1 aliphatic carbocycles. The van der Waals surface area contributed by atoms with Crippen LogP contribution in [-0.2, 0) is 11.2 Å². The lowest BCUT2D eigenvalue weighted by Gasteiger charge is -2.05. The Hall–Kier alpha value is -0.930. The van der Waals surface area contributed by atoms with Gasteiger partial charge in [0.1, 0.15) is 11.6 Å². The molecule has 2 nitrogen and oxygen atoms in total. The van der Waals surface area contributed by atoms with Crippen LogP contribution in [0.15, 0.2) is 18.2 Å². The van der Waals surface area contributed by atoms with Crippen LogP contribution >= 0.6 is 11.6 Å². The molecule has 1 aromatic rings. The highest BCUT2D eigenvalue weighted by molar-refractivity contribution is 6.30. The minimum Gasteiger partial charge on any atom is -0.310 e. The fourth-order valence-electron chi connectivity index (χ4n) is 1.84. The van der Waals surface area contributed by atoms with Crippen molar-refractivity contribution in [1.29, 1.82) is 0 Å². The minimum atomic E-state index is -0.405. The fraction of sp³-hybridized carbons (Fsp3) is 0.500. The summed E-state index contributed by atoms with van der Waals surface area (Å²) < 4.78 is 13.6. The molecule has 0 heterocycles. The lowest BCUT2D eigenvalue weighted by molar-refractivity contribution is -0.118. The van der Waals surface area contributed by atoms with Gasteiger partial charge in [-0.3, -0.25) is 4.79 Å². The molecule has 0 radical (unpaired) electrons. The number of benzene rings is 1. The molecule has 0 spiro atoms. The van der Waals surface area contributed by atoms with Crippen molar-refractivity contribution in [3.63, 3.8) is 0 Å². The van der Waals surface area contributed by atoms with Gasteiger partial charge >= 0.3 is 0 Å². The van der Waals surface area contributed by atoms with Gasteiger partial charge in [-0.25, -0.2) is 4.39 Å². The predicted octanol–water partition coefficient (Wildman–Crippen LogP) is 2.98. The van der Waals surface area contributed by atoms with Gasteiger partial charge in [-0.05, 0) is 43.4 Å². The number of rotatable bonds is 7. The maximum Gasteiger partial charge on any atom is 0.146 e. The van der Waals surface area contributed by atoms with Crippen molar-refractivity contribution in [2.24, 2.45) is 5.92 Å². The van der Waals surface area contributed by atoms with E-state index in [1.54, 1.807) is 12.1 Å². The molecular weight excluding hydrogens is 253 g/mol. The van der Waals surface area contributed by atoms with Gasteiger partial charge in [0.2, 0.25) is 0 Å². The molecule has 1 aliphatic rings. The highest BCUT2D eigenvalue weighted by Crippen LogP contribution is 2.27. The number of nitrogens with one attached hydrogen (secondary N) is 1. The first-order chi connectivity index (χ1) is 8.66. The number of carbonyl (C=O) groups is 1. The minimum absolute atomic E-state index is 0.117. The summed E-state index contributed by atoms with van der Waals surface area (Å²) in [6.45, 7) is 1.32. The van der Waals surface area contributed by atoms with Crippen molar-refractivity contribution in [3.05, 3.63) is 34.6 Å². The molecule has 0 amide bonds. The summed E-state index contributed by atoms with van der Waals surface area (Å²) in [5.74, 6) is 0.483. The van der Waals surface area contributed by atoms with Gasteiger partial charge in [-0.1, -0.05) is 23.7 Å². The molecule has 0 aliphatic heterocycles. The molecule has 1 saturated carbocycles. The highest BCUT2D eigenvalue weighted by Gasteiger charge is 2.20. The van der Waals surface area contributed by atoms with E-state index < -0.39 is 5.82 Å². The van der Waals surface area contributed by atoms with E-state index in [-0.39, 0.29) is 10.8 Å². The smallest absolute Gasteiger partial charge is 0.146 e. The molecule has 18 heavy (non-hydrogen) atoms. The third-order valence-corrected chi connectivity index (χ3v) is 3.45. The summed E-state index contributed by atoms with van der Waals surface area (Å²) in [4.78, 5) is 11.6. The number of carbonyl (C=O) groups excluding carboxylic acids is 1. The van der Waals surface area contributed by atoms with Gasteiger partial charge in [-0.15, -0.1) is 0 Å². The number of hydrogen-bond acceptors (Lipinski definition) is 2. The Bertz CT molecular complexity index is 432. The molecule has 0 aromatic heterocycles. The highest BCUT2D eigenvalue weighted by atomic mass is 35.5. The van der Waals surface area contributed by atoms with Crippen LogP contribution in [0, 0.1) is 11.7 Å². The molecule has 1 N–H and O–H groups in total. The van der Waals surface area contributed by atoms with Crippen LogP contribution in [0.2, 0.25) is 5.02 Å². The molecule has 1 fully saturated rings. The summed E-state index contributed by atoms with van der Waals surface area (Å²) >= 11 is 5.68. The van der Waals surface area contributed by atoms with E-state index in [0.717, 1.165) is 12.5 Å². The average Bonchev–Trinajstić information content (AvgIpc) is 3.15. The van der Waals surface area contributed by atoms with E-state index >= 15 is 0 Å². The van der Waals surface area contributed by atoms with Crippen LogP contribution in [-0.4, -0.2) is 18.9 Å². The summed E-state index contributed by atoms with van der Waals surface area (Å²) in [5.41, 5.74) is 0.512. The first-order valence-corrected chi connectivity index (χ1v) is 6.70. The zero-order valence-corrected chi connectivity index (χ0v) is 11.0. The molecule has 98 valence electrons. The lowest BCUT2D eigenvalue weighted by atomic mass is 10.1. The van der Waals surface area contributed by atoms with Crippen molar-refractivity contribution >= 4 is 17.4 Å². The molecule has 0 unspecified atom stereocenters. The maximum absolute atomic E-state index is 13.6. The Morgan fingerprint density at radius 1 is 1.44 bits per heavy atom. The van der Waals surface area contributed by atoms with Gasteiger partial charge < -0.3 is 5.32 Å². The third kappa shape index (κ3) is 4.07. The maximum atomic E-state index is 13.6. The molecule has 1 aromatic carbocycles. The lowest BCUT2D eigenvalue weighted by Crippen LogP contribution is -2.25. The Kier molecular flexibility index (Phi) is 4.72. The molecule has 4 heteroatoms. The summed E-state index contributed by atoms with van der Waals surface area (Å²) in [5, 5.41) is 3.26.